The Bertz CT molecular complexity index is 1220. The van der Waals surface area contributed by atoms with Gasteiger partial charge in [0.05, 0.1) is 16.6 Å². The molecule has 5 rings (SSSR count). The van der Waals surface area contributed by atoms with Crippen molar-refractivity contribution in [2.45, 2.75) is 81.9 Å². The number of thioether (sulfide) groups is 1. The number of nitrogens with zero attached hydrogens (tertiary/aromatic N) is 3. The molecule has 7 nitrogen and oxygen atoms in total. The van der Waals surface area contributed by atoms with Gasteiger partial charge in [-0.15, -0.1) is 11.8 Å². The summed E-state index contributed by atoms with van der Waals surface area (Å²) in [5, 5.41) is 9.14. The fraction of sp³-hybridized carbons (Fsp3) is 0.606. The zero-order valence-corrected chi connectivity index (χ0v) is 25.9. The van der Waals surface area contributed by atoms with Gasteiger partial charge in [-0.05, 0) is 57.1 Å². The van der Waals surface area contributed by atoms with Crippen molar-refractivity contribution in [1.29, 1.82) is 0 Å². The van der Waals surface area contributed by atoms with Crippen LogP contribution in [0.5, 0.6) is 0 Å². The number of carbonyl (C=O) groups is 3. The first-order valence-corrected chi connectivity index (χ1v) is 15.9. The van der Waals surface area contributed by atoms with Crippen LogP contribution in [0, 0.1) is 17.3 Å². The van der Waals surface area contributed by atoms with E-state index >= 15 is 0 Å². The molecular formula is C33H45N3O4S. The minimum absolute atomic E-state index is 0.0168. The first-order chi connectivity index (χ1) is 19.4. The standard InChI is InChI=1S/C33H45N3O4S/c1-31(2,3)22-32(4,5)36-20-13-17-33-26(29(39)35(27(33)30(36)40)18-10-7-11-21-37)25-24(41-33)16-12-19-34(28(25)38)23-14-8-6-9-15-23/h6,8-9,12-17,24-27,37H,7,10-11,18-22H2,1-5H3/t24-,25+,26+,27?,33+/m1/s1. The number of aliphatic hydroxyl groups excluding tert-OH is 1. The van der Waals surface area contributed by atoms with Crippen LogP contribution >= 0.6 is 11.8 Å². The molecule has 1 aromatic carbocycles. The molecule has 1 aromatic rings. The van der Waals surface area contributed by atoms with E-state index in [-0.39, 0.29) is 35.0 Å². The minimum atomic E-state index is -0.813. The fourth-order valence-electron chi connectivity index (χ4n) is 7.73. The maximum Gasteiger partial charge on any atom is 0.247 e. The number of hydrogen-bond donors (Lipinski definition) is 1. The molecule has 0 aromatic heterocycles. The Labute approximate surface area is 249 Å². The lowest BCUT2D eigenvalue weighted by atomic mass is 9.77. The third-order valence-electron chi connectivity index (χ3n) is 8.98. The van der Waals surface area contributed by atoms with Crippen molar-refractivity contribution in [3.63, 3.8) is 0 Å². The predicted molar refractivity (Wildman–Crippen MR) is 164 cm³/mol. The van der Waals surface area contributed by atoms with E-state index in [9.17, 15) is 19.5 Å². The Morgan fingerprint density at radius 1 is 0.927 bits per heavy atom. The number of fused-ring (bicyclic) bond motifs is 2. The van der Waals surface area contributed by atoms with Crippen LogP contribution in [0.25, 0.3) is 0 Å². The monoisotopic (exact) mass is 579 g/mol. The quantitative estimate of drug-likeness (QED) is 0.358. The first-order valence-electron chi connectivity index (χ1n) is 15.0. The second-order valence-corrected chi connectivity index (χ2v) is 15.3. The molecule has 0 saturated carbocycles. The lowest BCUT2D eigenvalue weighted by molar-refractivity contribution is -0.146. The van der Waals surface area contributed by atoms with Crippen LogP contribution in [0.2, 0.25) is 0 Å². The van der Waals surface area contributed by atoms with Gasteiger partial charge in [0, 0.05) is 42.7 Å². The van der Waals surface area contributed by atoms with Gasteiger partial charge in [-0.1, -0.05) is 63.3 Å². The van der Waals surface area contributed by atoms with E-state index in [0.717, 1.165) is 18.5 Å². The largest absolute Gasteiger partial charge is 0.396 e. The van der Waals surface area contributed by atoms with E-state index in [1.54, 1.807) is 21.6 Å². The van der Waals surface area contributed by atoms with Crippen molar-refractivity contribution in [3.05, 3.63) is 54.6 Å². The number of hydrogen-bond acceptors (Lipinski definition) is 5. The summed E-state index contributed by atoms with van der Waals surface area (Å²) in [6, 6.07) is 8.97. The fourth-order valence-corrected chi connectivity index (χ4v) is 9.73. The maximum absolute atomic E-state index is 14.7. The van der Waals surface area contributed by atoms with E-state index in [0.29, 0.717) is 32.5 Å². The molecular weight excluding hydrogens is 534 g/mol. The van der Waals surface area contributed by atoms with Crippen LogP contribution in [0.4, 0.5) is 5.69 Å². The summed E-state index contributed by atoms with van der Waals surface area (Å²) in [5.74, 6) is -1.34. The zero-order valence-electron chi connectivity index (χ0n) is 25.1. The highest BCUT2D eigenvalue weighted by molar-refractivity contribution is 8.02. The molecule has 2 fully saturated rings. The van der Waals surface area contributed by atoms with Crippen LogP contribution in [0.3, 0.4) is 0 Å². The number of carbonyl (C=O) groups excluding carboxylic acids is 3. The number of aliphatic hydroxyl groups is 1. The normalized spacial score (nSPS) is 29.9. The molecule has 8 heteroatoms. The van der Waals surface area contributed by atoms with E-state index in [2.05, 4.69) is 52.8 Å². The molecule has 1 N–H and O–H groups in total. The highest BCUT2D eigenvalue weighted by atomic mass is 32.2. The van der Waals surface area contributed by atoms with Crippen LogP contribution in [-0.4, -0.2) is 80.4 Å². The Kier molecular flexibility index (Phi) is 8.20. The Hall–Kier alpha value is -2.58. The summed E-state index contributed by atoms with van der Waals surface area (Å²) < 4.78 is -0.813. The molecule has 0 radical (unpaired) electrons. The van der Waals surface area contributed by atoms with E-state index in [1.165, 1.54) is 0 Å². The smallest absolute Gasteiger partial charge is 0.247 e. The van der Waals surface area contributed by atoms with Crippen molar-refractivity contribution in [2.24, 2.45) is 17.3 Å². The predicted octanol–water partition coefficient (Wildman–Crippen LogP) is 4.66. The van der Waals surface area contributed by atoms with Crippen molar-refractivity contribution >= 4 is 35.2 Å². The van der Waals surface area contributed by atoms with Gasteiger partial charge in [0.15, 0.2) is 0 Å². The lowest BCUT2D eigenvalue weighted by Crippen LogP contribution is -2.58. The molecule has 0 aliphatic carbocycles. The summed E-state index contributed by atoms with van der Waals surface area (Å²) in [5.41, 5.74) is 0.421. The Morgan fingerprint density at radius 2 is 1.66 bits per heavy atom. The van der Waals surface area contributed by atoms with Crippen molar-refractivity contribution in [3.8, 4) is 0 Å². The Balaban J connectivity index is 1.56. The molecule has 4 aliphatic heterocycles. The Morgan fingerprint density at radius 3 is 2.34 bits per heavy atom. The lowest BCUT2D eigenvalue weighted by Gasteiger charge is -2.44. The highest BCUT2D eigenvalue weighted by Gasteiger charge is 2.71. The molecule has 222 valence electrons. The number of rotatable bonds is 8. The molecule has 1 spiro atoms. The summed E-state index contributed by atoms with van der Waals surface area (Å²) in [6.45, 7) is 12.3. The summed E-state index contributed by atoms with van der Waals surface area (Å²) >= 11 is 1.63. The van der Waals surface area contributed by atoms with Gasteiger partial charge < -0.3 is 19.8 Å². The van der Waals surface area contributed by atoms with Gasteiger partial charge in [0.2, 0.25) is 17.7 Å². The summed E-state index contributed by atoms with van der Waals surface area (Å²) in [7, 11) is 0. The van der Waals surface area contributed by atoms with Crippen LogP contribution in [0.1, 0.15) is 60.3 Å². The van der Waals surface area contributed by atoms with E-state index in [4.69, 9.17) is 0 Å². The first kappa shape index (κ1) is 29.9. The molecule has 41 heavy (non-hydrogen) atoms. The summed E-state index contributed by atoms with van der Waals surface area (Å²) in [6.07, 6.45) is 11.3. The minimum Gasteiger partial charge on any atom is -0.396 e. The maximum atomic E-state index is 14.7. The molecule has 4 aliphatic rings. The number of amides is 3. The van der Waals surface area contributed by atoms with Crippen LogP contribution in [-0.2, 0) is 14.4 Å². The van der Waals surface area contributed by atoms with E-state index < -0.39 is 28.2 Å². The van der Waals surface area contributed by atoms with Gasteiger partial charge in [-0.2, -0.15) is 0 Å². The van der Waals surface area contributed by atoms with Gasteiger partial charge in [-0.25, -0.2) is 0 Å². The third-order valence-corrected chi connectivity index (χ3v) is 10.7. The zero-order chi connectivity index (χ0) is 29.6. The topological polar surface area (TPSA) is 81.2 Å². The van der Waals surface area contributed by atoms with Crippen molar-refractivity contribution in [1.82, 2.24) is 9.80 Å². The number of para-hydroxylation sites is 1. The van der Waals surface area contributed by atoms with Gasteiger partial charge in [-0.3, -0.25) is 14.4 Å². The molecule has 3 amide bonds. The molecule has 1 unspecified atom stereocenters. The number of likely N-dealkylation sites (tertiary alicyclic amines) is 1. The second-order valence-electron chi connectivity index (χ2n) is 13.8. The van der Waals surface area contributed by atoms with Crippen molar-refractivity contribution < 1.29 is 19.5 Å². The molecule has 2 saturated heterocycles. The van der Waals surface area contributed by atoms with Crippen LogP contribution < -0.4 is 4.90 Å². The second kappa shape index (κ2) is 11.3. The number of anilines is 1. The molecule has 0 bridgehead atoms. The van der Waals surface area contributed by atoms with Crippen molar-refractivity contribution in [2.75, 3.05) is 31.1 Å². The number of unbranched alkanes of at least 4 members (excludes halogenated alkanes) is 2. The highest BCUT2D eigenvalue weighted by Crippen LogP contribution is 2.61. The average Bonchev–Trinajstić information content (AvgIpc) is 3.20. The van der Waals surface area contributed by atoms with Gasteiger partial charge in [0.1, 0.15) is 6.04 Å². The number of benzene rings is 1. The third kappa shape index (κ3) is 5.38. The average molecular weight is 580 g/mol. The van der Waals surface area contributed by atoms with Crippen LogP contribution in [0.15, 0.2) is 54.6 Å². The summed E-state index contributed by atoms with van der Waals surface area (Å²) in [4.78, 5) is 49.0. The molecule has 5 atom stereocenters. The van der Waals surface area contributed by atoms with Gasteiger partial charge in [0.25, 0.3) is 0 Å². The molecule has 4 heterocycles. The van der Waals surface area contributed by atoms with E-state index in [1.807, 2.05) is 41.3 Å². The van der Waals surface area contributed by atoms with Gasteiger partial charge >= 0.3 is 0 Å². The SMILES string of the molecule is CC(C)(C)CC(C)(C)N1CC=C[C@]23S[C@@H]4C=CCN(c5ccccc5)C(=O)[C@@H]4[C@H]2C(=O)N(CCCCCO)C3C1=O.